The van der Waals surface area contributed by atoms with Crippen LogP contribution in [0.1, 0.15) is 48.5 Å². The lowest BCUT2D eigenvalue weighted by Gasteiger charge is -2.21. The molecule has 1 saturated heterocycles. The number of hydrogen-bond donors (Lipinski definition) is 1. The summed E-state index contributed by atoms with van der Waals surface area (Å²) in [5.74, 6) is -0.496. The fourth-order valence-corrected chi connectivity index (χ4v) is 5.62. The van der Waals surface area contributed by atoms with Crippen LogP contribution in [-0.2, 0) is 21.4 Å². The van der Waals surface area contributed by atoms with Gasteiger partial charge in [0.2, 0.25) is 15.9 Å². The Labute approximate surface area is 194 Å². The van der Waals surface area contributed by atoms with Crippen LogP contribution in [0.5, 0.6) is 0 Å². The average molecular weight is 478 g/mol. The molecule has 0 aromatic heterocycles. The lowest BCUT2D eigenvalue weighted by Crippen LogP contribution is -2.32. The number of amides is 2. The van der Waals surface area contributed by atoms with E-state index in [1.165, 1.54) is 29.4 Å². The Hall–Kier alpha value is -2.42. The third-order valence-corrected chi connectivity index (χ3v) is 7.90. The molecule has 2 amide bonds. The van der Waals surface area contributed by atoms with Crippen LogP contribution in [0.25, 0.3) is 0 Å². The van der Waals surface area contributed by atoms with Gasteiger partial charge in [-0.25, -0.2) is 8.42 Å². The highest BCUT2D eigenvalue weighted by Gasteiger charge is 2.28. The van der Waals surface area contributed by atoms with Gasteiger partial charge in [-0.3, -0.25) is 9.59 Å². The van der Waals surface area contributed by atoms with Crippen LogP contribution in [0.15, 0.2) is 47.4 Å². The largest absolute Gasteiger partial charge is 0.342 e. The number of nitrogens with zero attached hydrogens (tertiary/aromatic N) is 2. The number of sulfonamides is 1. The molecule has 1 aliphatic rings. The Balaban J connectivity index is 1.80. The molecule has 32 heavy (non-hydrogen) atoms. The topological polar surface area (TPSA) is 86.8 Å². The molecule has 7 nitrogen and oxygen atoms in total. The van der Waals surface area contributed by atoms with E-state index in [0.29, 0.717) is 25.3 Å². The first-order chi connectivity index (χ1) is 15.2. The van der Waals surface area contributed by atoms with Gasteiger partial charge in [0.05, 0.1) is 5.02 Å². The SMILES string of the molecule is CC(=O)N(C)Cc1cccc(NC(=O)c2ccc(Cl)c(S(=O)(=O)N3CCCCCC3)c2)c1. The quantitative estimate of drug-likeness (QED) is 0.677. The first-order valence-electron chi connectivity index (χ1n) is 10.6. The number of nitrogens with one attached hydrogen (secondary N) is 1. The Bertz CT molecular complexity index is 1100. The molecule has 1 aliphatic heterocycles. The summed E-state index contributed by atoms with van der Waals surface area (Å²) < 4.78 is 27.8. The molecule has 2 aromatic rings. The minimum Gasteiger partial charge on any atom is -0.342 e. The highest BCUT2D eigenvalue weighted by Crippen LogP contribution is 2.28. The van der Waals surface area contributed by atoms with Gasteiger partial charge in [-0.1, -0.05) is 36.6 Å². The third kappa shape index (κ3) is 5.88. The monoisotopic (exact) mass is 477 g/mol. The van der Waals surface area contributed by atoms with Crippen LogP contribution in [0.4, 0.5) is 5.69 Å². The van der Waals surface area contributed by atoms with Gasteiger partial charge in [-0.05, 0) is 48.7 Å². The smallest absolute Gasteiger partial charge is 0.255 e. The number of anilines is 1. The number of carbonyl (C=O) groups is 2. The molecule has 0 aliphatic carbocycles. The molecule has 1 N–H and O–H groups in total. The fraction of sp³-hybridized carbons (Fsp3) is 0.391. The summed E-state index contributed by atoms with van der Waals surface area (Å²) in [4.78, 5) is 25.8. The zero-order chi connectivity index (χ0) is 23.3. The maximum absolute atomic E-state index is 13.2. The Morgan fingerprint density at radius 1 is 1.06 bits per heavy atom. The fourth-order valence-electron chi connectivity index (χ4n) is 3.60. The predicted molar refractivity (Wildman–Crippen MR) is 125 cm³/mol. The number of carbonyl (C=O) groups excluding carboxylic acids is 2. The van der Waals surface area contributed by atoms with Gasteiger partial charge >= 0.3 is 0 Å². The van der Waals surface area contributed by atoms with Crippen molar-refractivity contribution in [2.75, 3.05) is 25.5 Å². The van der Waals surface area contributed by atoms with Crippen LogP contribution >= 0.6 is 11.6 Å². The van der Waals surface area contributed by atoms with Gasteiger partial charge in [0.1, 0.15) is 4.90 Å². The van der Waals surface area contributed by atoms with E-state index < -0.39 is 15.9 Å². The van der Waals surface area contributed by atoms with E-state index in [4.69, 9.17) is 11.6 Å². The van der Waals surface area contributed by atoms with Crippen molar-refractivity contribution in [1.29, 1.82) is 0 Å². The van der Waals surface area contributed by atoms with Crippen molar-refractivity contribution in [3.05, 3.63) is 58.6 Å². The maximum atomic E-state index is 13.2. The second kappa shape index (κ2) is 10.5. The van der Waals surface area contributed by atoms with Gasteiger partial charge in [-0.15, -0.1) is 0 Å². The molecule has 3 rings (SSSR count). The van der Waals surface area contributed by atoms with Crippen molar-refractivity contribution in [3.8, 4) is 0 Å². The molecule has 9 heteroatoms. The van der Waals surface area contributed by atoms with E-state index in [0.717, 1.165) is 31.2 Å². The van der Waals surface area contributed by atoms with Crippen LogP contribution in [0, 0.1) is 0 Å². The molecule has 0 unspecified atom stereocenters. The van der Waals surface area contributed by atoms with Crippen molar-refractivity contribution in [2.24, 2.45) is 0 Å². The Morgan fingerprint density at radius 2 is 1.75 bits per heavy atom. The van der Waals surface area contributed by atoms with Crippen molar-refractivity contribution in [1.82, 2.24) is 9.21 Å². The normalized spacial score (nSPS) is 15.1. The zero-order valence-electron chi connectivity index (χ0n) is 18.3. The Kier molecular flexibility index (Phi) is 7.92. The first kappa shape index (κ1) is 24.2. The zero-order valence-corrected chi connectivity index (χ0v) is 19.9. The summed E-state index contributed by atoms with van der Waals surface area (Å²) in [6.07, 6.45) is 3.63. The summed E-state index contributed by atoms with van der Waals surface area (Å²) in [5, 5.41) is 2.89. The van der Waals surface area contributed by atoms with E-state index in [-0.39, 0.29) is 21.4 Å². The minimum absolute atomic E-state index is 0.0504. The number of halogens is 1. The molecule has 0 atom stereocenters. The number of benzene rings is 2. The van der Waals surface area contributed by atoms with Gasteiger partial charge in [0, 0.05) is 44.9 Å². The first-order valence-corrected chi connectivity index (χ1v) is 12.4. The average Bonchev–Trinajstić information content (AvgIpc) is 3.04. The van der Waals surface area contributed by atoms with Gasteiger partial charge in [0.25, 0.3) is 5.91 Å². The van der Waals surface area contributed by atoms with E-state index in [1.54, 1.807) is 30.1 Å². The van der Waals surface area contributed by atoms with Gasteiger partial charge < -0.3 is 10.2 Å². The second-order valence-corrected chi connectivity index (χ2v) is 10.3. The summed E-state index contributed by atoms with van der Waals surface area (Å²) in [6, 6.07) is 11.5. The number of hydrogen-bond acceptors (Lipinski definition) is 4. The second-order valence-electron chi connectivity index (χ2n) is 7.99. The molecule has 0 spiro atoms. The van der Waals surface area contributed by atoms with Gasteiger partial charge in [0.15, 0.2) is 0 Å². The van der Waals surface area contributed by atoms with Crippen molar-refractivity contribution >= 4 is 39.1 Å². The van der Waals surface area contributed by atoms with E-state index >= 15 is 0 Å². The highest BCUT2D eigenvalue weighted by molar-refractivity contribution is 7.89. The molecule has 0 saturated carbocycles. The lowest BCUT2D eigenvalue weighted by atomic mass is 10.1. The predicted octanol–water partition coefficient (Wildman–Crippen LogP) is 4.14. The van der Waals surface area contributed by atoms with Crippen LogP contribution in [-0.4, -0.2) is 49.6 Å². The molecular weight excluding hydrogens is 450 g/mol. The van der Waals surface area contributed by atoms with Crippen molar-refractivity contribution < 1.29 is 18.0 Å². The standard InChI is InChI=1S/C23H28ClN3O4S/c1-17(28)26(2)16-18-8-7-9-20(14-18)25-23(29)19-10-11-21(24)22(15-19)32(30,31)27-12-5-3-4-6-13-27/h7-11,14-15H,3-6,12-13,16H2,1-2H3,(H,25,29). The summed E-state index contributed by atoms with van der Waals surface area (Å²) in [7, 11) is -2.09. The van der Waals surface area contributed by atoms with Crippen molar-refractivity contribution in [3.63, 3.8) is 0 Å². The van der Waals surface area contributed by atoms with E-state index in [2.05, 4.69) is 5.32 Å². The van der Waals surface area contributed by atoms with E-state index in [1.807, 2.05) is 6.07 Å². The molecule has 0 radical (unpaired) electrons. The number of rotatable bonds is 6. The van der Waals surface area contributed by atoms with Crippen LogP contribution in [0.3, 0.4) is 0 Å². The summed E-state index contributed by atoms with van der Waals surface area (Å²) in [6.45, 7) is 2.81. The van der Waals surface area contributed by atoms with Crippen LogP contribution < -0.4 is 5.32 Å². The molecule has 0 bridgehead atoms. The summed E-state index contributed by atoms with van der Waals surface area (Å²) >= 11 is 6.23. The summed E-state index contributed by atoms with van der Waals surface area (Å²) in [5.41, 5.74) is 1.62. The van der Waals surface area contributed by atoms with Crippen LogP contribution in [0.2, 0.25) is 5.02 Å². The molecule has 2 aromatic carbocycles. The highest BCUT2D eigenvalue weighted by atomic mass is 35.5. The Morgan fingerprint density at radius 3 is 2.41 bits per heavy atom. The van der Waals surface area contributed by atoms with Crippen molar-refractivity contribution in [2.45, 2.75) is 44.0 Å². The molecule has 1 heterocycles. The molecular formula is C23H28ClN3O4S. The lowest BCUT2D eigenvalue weighted by molar-refractivity contribution is -0.128. The molecule has 1 fully saturated rings. The third-order valence-electron chi connectivity index (χ3n) is 5.52. The minimum atomic E-state index is -3.79. The van der Waals surface area contributed by atoms with Gasteiger partial charge in [-0.2, -0.15) is 4.31 Å². The van der Waals surface area contributed by atoms with E-state index in [9.17, 15) is 18.0 Å². The molecule has 172 valence electrons. The maximum Gasteiger partial charge on any atom is 0.255 e.